The number of nitrogens with one attached hydrogen (secondary N) is 1. The highest BCUT2D eigenvalue weighted by Gasteiger charge is 2.17. The van der Waals surface area contributed by atoms with E-state index in [2.05, 4.69) is 33.9 Å². The molecule has 0 amide bonds. The zero-order valence-corrected chi connectivity index (χ0v) is 12.0. The van der Waals surface area contributed by atoms with Crippen LogP contribution in [0.2, 0.25) is 0 Å². The van der Waals surface area contributed by atoms with E-state index in [0.717, 1.165) is 12.1 Å². The van der Waals surface area contributed by atoms with Gasteiger partial charge in [-0.1, -0.05) is 25.1 Å². The molecule has 0 radical (unpaired) electrons. The van der Waals surface area contributed by atoms with Crippen molar-refractivity contribution in [2.75, 3.05) is 6.54 Å². The van der Waals surface area contributed by atoms with Gasteiger partial charge in [0, 0.05) is 10.9 Å². The summed E-state index contributed by atoms with van der Waals surface area (Å²) in [5.41, 5.74) is 2.03. The van der Waals surface area contributed by atoms with Gasteiger partial charge in [-0.15, -0.1) is 11.3 Å². The molecule has 0 aliphatic heterocycles. The van der Waals surface area contributed by atoms with Crippen molar-refractivity contribution in [3.63, 3.8) is 0 Å². The van der Waals surface area contributed by atoms with Crippen LogP contribution in [0.15, 0.2) is 48.1 Å². The van der Waals surface area contributed by atoms with Crippen LogP contribution in [0.1, 0.15) is 24.1 Å². The van der Waals surface area contributed by atoms with Crippen LogP contribution in [0.3, 0.4) is 0 Å². The third-order valence-electron chi connectivity index (χ3n) is 3.29. The van der Waals surface area contributed by atoms with Crippen molar-refractivity contribution >= 4 is 21.4 Å². The molecule has 0 fully saturated rings. The van der Waals surface area contributed by atoms with E-state index in [1.807, 2.05) is 13.0 Å². The SMILES string of the molecule is CCNC(c1cncc(F)c1)c1cccc2ccsc12. The monoisotopic (exact) mass is 286 g/mol. The van der Waals surface area contributed by atoms with E-state index in [1.165, 1.54) is 21.8 Å². The number of benzene rings is 1. The Bertz CT molecular complexity index is 723. The van der Waals surface area contributed by atoms with Gasteiger partial charge in [0.15, 0.2) is 0 Å². The highest BCUT2D eigenvalue weighted by atomic mass is 32.1. The smallest absolute Gasteiger partial charge is 0.141 e. The number of hydrogen-bond donors (Lipinski definition) is 1. The number of aromatic nitrogens is 1. The average Bonchev–Trinajstić information content (AvgIpc) is 2.93. The molecule has 1 unspecified atom stereocenters. The second-order valence-electron chi connectivity index (χ2n) is 4.61. The summed E-state index contributed by atoms with van der Waals surface area (Å²) in [6, 6.07) is 9.86. The summed E-state index contributed by atoms with van der Waals surface area (Å²) in [7, 11) is 0. The maximum atomic E-state index is 13.4. The van der Waals surface area contributed by atoms with E-state index >= 15 is 0 Å². The first kappa shape index (κ1) is 13.2. The fraction of sp³-hybridized carbons (Fsp3) is 0.188. The molecule has 20 heavy (non-hydrogen) atoms. The molecular weight excluding hydrogens is 271 g/mol. The van der Waals surface area contributed by atoms with Gasteiger partial charge in [0.1, 0.15) is 5.82 Å². The lowest BCUT2D eigenvalue weighted by atomic mass is 9.99. The maximum absolute atomic E-state index is 13.4. The third-order valence-corrected chi connectivity index (χ3v) is 4.27. The minimum atomic E-state index is -0.302. The largest absolute Gasteiger partial charge is 0.306 e. The predicted molar refractivity (Wildman–Crippen MR) is 81.5 cm³/mol. The Hall–Kier alpha value is -1.78. The van der Waals surface area contributed by atoms with Crippen LogP contribution in [0.25, 0.3) is 10.1 Å². The van der Waals surface area contributed by atoms with Crippen LogP contribution in [0.4, 0.5) is 4.39 Å². The Morgan fingerprint density at radius 2 is 2.20 bits per heavy atom. The number of halogens is 1. The molecule has 0 aliphatic rings. The predicted octanol–water partition coefficient (Wildman–Crippen LogP) is 4.13. The van der Waals surface area contributed by atoms with Crippen molar-refractivity contribution in [3.8, 4) is 0 Å². The lowest BCUT2D eigenvalue weighted by Crippen LogP contribution is -2.22. The summed E-state index contributed by atoms with van der Waals surface area (Å²) < 4.78 is 14.7. The fourth-order valence-electron chi connectivity index (χ4n) is 2.44. The molecular formula is C16H15FN2S. The molecule has 3 aromatic rings. The van der Waals surface area contributed by atoms with E-state index < -0.39 is 0 Å². The van der Waals surface area contributed by atoms with E-state index in [-0.39, 0.29) is 11.9 Å². The molecule has 0 bridgehead atoms. The zero-order valence-electron chi connectivity index (χ0n) is 11.1. The van der Waals surface area contributed by atoms with Gasteiger partial charge in [-0.25, -0.2) is 4.39 Å². The third kappa shape index (κ3) is 2.44. The normalized spacial score (nSPS) is 12.7. The van der Waals surface area contributed by atoms with Gasteiger partial charge in [0.25, 0.3) is 0 Å². The fourth-order valence-corrected chi connectivity index (χ4v) is 3.39. The molecule has 1 N–H and O–H groups in total. The second kappa shape index (κ2) is 5.69. The van der Waals surface area contributed by atoms with Crippen molar-refractivity contribution in [1.29, 1.82) is 0 Å². The Kier molecular flexibility index (Phi) is 3.76. The minimum absolute atomic E-state index is 0.0365. The summed E-state index contributed by atoms with van der Waals surface area (Å²) in [4.78, 5) is 3.97. The topological polar surface area (TPSA) is 24.9 Å². The molecule has 0 aliphatic carbocycles. The number of pyridine rings is 1. The molecule has 2 heterocycles. The summed E-state index contributed by atoms with van der Waals surface area (Å²) >= 11 is 1.71. The molecule has 0 saturated heterocycles. The van der Waals surface area contributed by atoms with Gasteiger partial charge in [0.2, 0.25) is 0 Å². The Morgan fingerprint density at radius 3 is 3.00 bits per heavy atom. The molecule has 3 rings (SSSR count). The number of hydrogen-bond acceptors (Lipinski definition) is 3. The molecule has 2 aromatic heterocycles. The molecule has 0 spiro atoms. The van der Waals surface area contributed by atoms with E-state index in [0.29, 0.717) is 0 Å². The van der Waals surface area contributed by atoms with E-state index in [1.54, 1.807) is 23.6 Å². The van der Waals surface area contributed by atoms with Crippen molar-refractivity contribution in [2.45, 2.75) is 13.0 Å². The summed E-state index contributed by atoms with van der Waals surface area (Å²) in [6.45, 7) is 2.86. The Morgan fingerprint density at radius 1 is 1.30 bits per heavy atom. The maximum Gasteiger partial charge on any atom is 0.141 e. The van der Waals surface area contributed by atoms with Gasteiger partial charge in [-0.05, 0) is 40.6 Å². The molecule has 2 nitrogen and oxygen atoms in total. The molecule has 4 heteroatoms. The van der Waals surface area contributed by atoms with Crippen LogP contribution in [-0.4, -0.2) is 11.5 Å². The molecule has 1 atom stereocenters. The first-order valence-corrected chi connectivity index (χ1v) is 7.47. The van der Waals surface area contributed by atoms with Crippen molar-refractivity contribution in [1.82, 2.24) is 10.3 Å². The van der Waals surface area contributed by atoms with Crippen molar-refractivity contribution < 1.29 is 4.39 Å². The highest BCUT2D eigenvalue weighted by molar-refractivity contribution is 7.17. The lowest BCUT2D eigenvalue weighted by molar-refractivity contribution is 0.598. The van der Waals surface area contributed by atoms with E-state index in [9.17, 15) is 4.39 Å². The Balaban J connectivity index is 2.13. The quantitative estimate of drug-likeness (QED) is 0.780. The minimum Gasteiger partial charge on any atom is -0.306 e. The molecule has 0 saturated carbocycles. The number of nitrogens with zero attached hydrogens (tertiary/aromatic N) is 1. The first-order valence-electron chi connectivity index (χ1n) is 6.59. The second-order valence-corrected chi connectivity index (χ2v) is 5.53. The first-order chi connectivity index (χ1) is 9.79. The van der Waals surface area contributed by atoms with Gasteiger partial charge in [0.05, 0.1) is 12.2 Å². The number of fused-ring (bicyclic) bond motifs is 1. The summed E-state index contributed by atoms with van der Waals surface area (Å²) in [5.74, 6) is -0.302. The summed E-state index contributed by atoms with van der Waals surface area (Å²) in [5, 5.41) is 6.73. The van der Waals surface area contributed by atoms with Crippen LogP contribution in [0, 0.1) is 5.82 Å². The molecule has 1 aromatic carbocycles. The van der Waals surface area contributed by atoms with Crippen LogP contribution >= 0.6 is 11.3 Å². The lowest BCUT2D eigenvalue weighted by Gasteiger charge is -2.19. The number of rotatable bonds is 4. The standard InChI is InChI=1S/C16H15FN2S/c1-2-19-15(12-8-13(17)10-18-9-12)14-5-3-4-11-6-7-20-16(11)14/h3-10,15,19H,2H2,1H3. The molecule has 102 valence electrons. The van der Waals surface area contributed by atoms with Gasteiger partial charge >= 0.3 is 0 Å². The van der Waals surface area contributed by atoms with Gasteiger partial charge in [-0.3, -0.25) is 4.98 Å². The van der Waals surface area contributed by atoms with Crippen LogP contribution in [-0.2, 0) is 0 Å². The van der Waals surface area contributed by atoms with Gasteiger partial charge in [-0.2, -0.15) is 0 Å². The average molecular weight is 286 g/mol. The van der Waals surface area contributed by atoms with E-state index in [4.69, 9.17) is 0 Å². The van der Waals surface area contributed by atoms with Crippen LogP contribution < -0.4 is 5.32 Å². The van der Waals surface area contributed by atoms with Gasteiger partial charge < -0.3 is 5.32 Å². The Labute approximate surface area is 121 Å². The highest BCUT2D eigenvalue weighted by Crippen LogP contribution is 2.32. The zero-order chi connectivity index (χ0) is 13.9. The number of thiophene rings is 1. The summed E-state index contributed by atoms with van der Waals surface area (Å²) in [6.07, 6.45) is 2.96. The van der Waals surface area contributed by atoms with Crippen molar-refractivity contribution in [3.05, 3.63) is 65.0 Å². The van der Waals surface area contributed by atoms with Crippen molar-refractivity contribution in [2.24, 2.45) is 0 Å². The van der Waals surface area contributed by atoms with Crippen LogP contribution in [0.5, 0.6) is 0 Å².